The summed E-state index contributed by atoms with van der Waals surface area (Å²) >= 11 is 0. The van der Waals surface area contributed by atoms with E-state index < -0.39 is 0 Å². The maximum Gasteiger partial charge on any atom is 0.162 e. The minimum Gasteiger partial charge on any atom is -0.330 e. The molecule has 1 aromatic rings. The smallest absolute Gasteiger partial charge is 0.162 e. The fourth-order valence-corrected chi connectivity index (χ4v) is 1.90. The number of ketones is 1. The third kappa shape index (κ3) is 4.65. The van der Waals surface area contributed by atoms with E-state index >= 15 is 0 Å². The molecule has 0 bridgehead atoms. The molecule has 0 aromatic heterocycles. The van der Waals surface area contributed by atoms with Crippen LogP contribution in [0.3, 0.4) is 0 Å². The molecule has 0 aliphatic heterocycles. The topological polar surface area (TPSA) is 43.1 Å². The molecule has 17 heavy (non-hydrogen) atoms. The van der Waals surface area contributed by atoms with Crippen molar-refractivity contribution in [2.75, 3.05) is 6.54 Å². The third-order valence-corrected chi connectivity index (χ3v) is 3.10. The second-order valence-electron chi connectivity index (χ2n) is 4.32. The van der Waals surface area contributed by atoms with Crippen LogP contribution in [-0.2, 0) is 0 Å². The zero-order valence-electron chi connectivity index (χ0n) is 10.3. The van der Waals surface area contributed by atoms with Crippen molar-refractivity contribution in [3.8, 4) is 0 Å². The van der Waals surface area contributed by atoms with Gasteiger partial charge in [-0.05, 0) is 49.6 Å². The van der Waals surface area contributed by atoms with Crippen molar-refractivity contribution < 1.29 is 9.18 Å². The highest BCUT2D eigenvalue weighted by Crippen LogP contribution is 2.17. The van der Waals surface area contributed by atoms with Crippen molar-refractivity contribution in [2.45, 2.75) is 32.6 Å². The van der Waals surface area contributed by atoms with Crippen LogP contribution in [0.25, 0.3) is 0 Å². The molecular weight excluding hydrogens is 217 g/mol. The van der Waals surface area contributed by atoms with Gasteiger partial charge >= 0.3 is 0 Å². The number of benzene rings is 1. The average Bonchev–Trinajstić information content (AvgIpc) is 2.35. The summed E-state index contributed by atoms with van der Waals surface area (Å²) in [6, 6.07) is 5.73. The van der Waals surface area contributed by atoms with Gasteiger partial charge in [-0.3, -0.25) is 4.79 Å². The highest BCUT2D eigenvalue weighted by Gasteiger charge is 2.10. The molecule has 1 rings (SSSR count). The summed E-state index contributed by atoms with van der Waals surface area (Å²) in [4.78, 5) is 11.8. The molecule has 0 aliphatic rings. The average molecular weight is 237 g/mol. The molecule has 3 heteroatoms. The van der Waals surface area contributed by atoms with E-state index in [0.29, 0.717) is 24.4 Å². The number of hydrogen-bond donors (Lipinski definition) is 1. The Bertz CT molecular complexity index is 348. The number of carbonyl (C=O) groups is 1. The molecule has 0 saturated carbocycles. The van der Waals surface area contributed by atoms with Gasteiger partial charge in [0.05, 0.1) is 0 Å². The Balaban J connectivity index is 2.46. The zero-order chi connectivity index (χ0) is 12.7. The molecule has 0 aliphatic carbocycles. The summed E-state index contributed by atoms with van der Waals surface area (Å²) in [6.07, 6.45) is 3.40. The molecule has 1 atom stereocenters. The summed E-state index contributed by atoms with van der Waals surface area (Å²) < 4.78 is 12.7. The van der Waals surface area contributed by atoms with Gasteiger partial charge in [0.15, 0.2) is 5.78 Å². The molecule has 0 spiro atoms. The number of Topliss-reactive ketones (excluding diaryl/α,β-unsaturated/α-hetero) is 1. The minimum absolute atomic E-state index is 0.0838. The predicted octanol–water partition coefficient (Wildman–Crippen LogP) is 3.16. The van der Waals surface area contributed by atoms with Crippen LogP contribution in [0.15, 0.2) is 24.3 Å². The van der Waals surface area contributed by atoms with E-state index in [1.165, 1.54) is 12.1 Å². The molecule has 0 heterocycles. The molecule has 1 aromatic carbocycles. The monoisotopic (exact) mass is 237 g/mol. The number of halogens is 1. The number of rotatable bonds is 7. The van der Waals surface area contributed by atoms with E-state index in [1.807, 2.05) is 0 Å². The van der Waals surface area contributed by atoms with Crippen LogP contribution in [0, 0.1) is 11.7 Å². The van der Waals surface area contributed by atoms with E-state index in [1.54, 1.807) is 12.1 Å². The number of carbonyl (C=O) groups excluding carboxylic acids is 1. The quantitative estimate of drug-likeness (QED) is 0.740. The Morgan fingerprint density at radius 2 is 1.94 bits per heavy atom. The highest BCUT2D eigenvalue weighted by molar-refractivity contribution is 5.95. The molecule has 1 unspecified atom stereocenters. The first-order valence-electron chi connectivity index (χ1n) is 6.16. The lowest BCUT2D eigenvalue weighted by Gasteiger charge is -2.12. The summed E-state index contributed by atoms with van der Waals surface area (Å²) in [5.74, 6) is 0.293. The van der Waals surface area contributed by atoms with Crippen LogP contribution >= 0.6 is 0 Å². The van der Waals surface area contributed by atoms with Gasteiger partial charge in [-0.2, -0.15) is 0 Å². The van der Waals surface area contributed by atoms with Gasteiger partial charge in [0, 0.05) is 12.0 Å². The minimum atomic E-state index is -0.309. The SMILES string of the molecule is CCC(CCN)CCC(=O)c1ccc(F)cc1. The summed E-state index contributed by atoms with van der Waals surface area (Å²) in [6.45, 7) is 2.78. The van der Waals surface area contributed by atoms with E-state index in [-0.39, 0.29) is 11.6 Å². The molecule has 0 amide bonds. The Hall–Kier alpha value is -1.22. The van der Waals surface area contributed by atoms with Gasteiger partial charge in [-0.1, -0.05) is 13.3 Å². The van der Waals surface area contributed by atoms with Gasteiger partial charge in [-0.25, -0.2) is 4.39 Å². The first kappa shape index (κ1) is 13.8. The summed E-state index contributed by atoms with van der Waals surface area (Å²) in [5.41, 5.74) is 6.10. The maximum atomic E-state index is 12.7. The third-order valence-electron chi connectivity index (χ3n) is 3.10. The van der Waals surface area contributed by atoms with Gasteiger partial charge in [-0.15, -0.1) is 0 Å². The Labute approximate surface area is 102 Å². The van der Waals surface area contributed by atoms with Gasteiger partial charge in [0.2, 0.25) is 0 Å². The second kappa shape index (κ2) is 7.17. The molecule has 94 valence electrons. The molecule has 0 radical (unpaired) electrons. The van der Waals surface area contributed by atoms with Crippen LogP contribution < -0.4 is 5.73 Å². The normalized spacial score (nSPS) is 12.4. The Morgan fingerprint density at radius 1 is 1.29 bits per heavy atom. The van der Waals surface area contributed by atoms with E-state index in [0.717, 1.165) is 19.3 Å². The lowest BCUT2D eigenvalue weighted by molar-refractivity contribution is 0.0972. The second-order valence-corrected chi connectivity index (χ2v) is 4.32. The van der Waals surface area contributed by atoms with Gasteiger partial charge in [0.25, 0.3) is 0 Å². The lowest BCUT2D eigenvalue weighted by Crippen LogP contribution is -2.10. The molecular formula is C14H20FNO. The van der Waals surface area contributed by atoms with Crippen molar-refractivity contribution >= 4 is 5.78 Å². The molecule has 2 N–H and O–H groups in total. The fourth-order valence-electron chi connectivity index (χ4n) is 1.90. The van der Waals surface area contributed by atoms with Crippen molar-refractivity contribution in [1.82, 2.24) is 0 Å². The fraction of sp³-hybridized carbons (Fsp3) is 0.500. The van der Waals surface area contributed by atoms with Crippen molar-refractivity contribution in [3.05, 3.63) is 35.6 Å². The van der Waals surface area contributed by atoms with E-state index in [9.17, 15) is 9.18 Å². The van der Waals surface area contributed by atoms with Crippen LogP contribution in [-0.4, -0.2) is 12.3 Å². The Morgan fingerprint density at radius 3 is 2.47 bits per heavy atom. The van der Waals surface area contributed by atoms with Crippen LogP contribution in [0.5, 0.6) is 0 Å². The van der Waals surface area contributed by atoms with E-state index in [4.69, 9.17) is 5.73 Å². The zero-order valence-corrected chi connectivity index (χ0v) is 10.3. The molecule has 0 saturated heterocycles. The van der Waals surface area contributed by atoms with Crippen molar-refractivity contribution in [1.29, 1.82) is 0 Å². The van der Waals surface area contributed by atoms with Crippen LogP contribution in [0.4, 0.5) is 4.39 Å². The molecule has 0 fully saturated rings. The van der Waals surface area contributed by atoms with Crippen molar-refractivity contribution in [3.63, 3.8) is 0 Å². The first-order chi connectivity index (χ1) is 8.17. The standard InChI is InChI=1S/C14H20FNO/c1-2-11(9-10-16)3-8-14(17)12-4-6-13(15)7-5-12/h4-7,11H,2-3,8-10,16H2,1H3. The highest BCUT2D eigenvalue weighted by atomic mass is 19.1. The van der Waals surface area contributed by atoms with E-state index in [2.05, 4.69) is 6.92 Å². The maximum absolute atomic E-state index is 12.7. The summed E-state index contributed by atoms with van der Waals surface area (Å²) in [7, 11) is 0. The van der Waals surface area contributed by atoms with Gasteiger partial charge < -0.3 is 5.73 Å². The largest absolute Gasteiger partial charge is 0.330 e. The predicted molar refractivity (Wildman–Crippen MR) is 67.4 cm³/mol. The Kier molecular flexibility index (Phi) is 5.84. The van der Waals surface area contributed by atoms with Crippen molar-refractivity contribution in [2.24, 2.45) is 11.7 Å². The molecule has 2 nitrogen and oxygen atoms in total. The van der Waals surface area contributed by atoms with Crippen LogP contribution in [0.1, 0.15) is 43.0 Å². The summed E-state index contributed by atoms with van der Waals surface area (Å²) in [5, 5.41) is 0. The number of nitrogens with two attached hydrogens (primary N) is 1. The number of hydrogen-bond acceptors (Lipinski definition) is 2. The first-order valence-corrected chi connectivity index (χ1v) is 6.16. The van der Waals surface area contributed by atoms with Gasteiger partial charge in [0.1, 0.15) is 5.82 Å². The lowest BCUT2D eigenvalue weighted by atomic mass is 9.94. The van der Waals surface area contributed by atoms with Crippen LogP contribution in [0.2, 0.25) is 0 Å².